The van der Waals surface area contributed by atoms with Crippen LogP contribution in [-0.4, -0.2) is 21.4 Å². The van der Waals surface area contributed by atoms with Gasteiger partial charge in [-0.2, -0.15) is 5.10 Å². The second-order valence-corrected chi connectivity index (χ2v) is 8.03. The number of rotatable bonds is 4. The summed E-state index contributed by atoms with van der Waals surface area (Å²) in [5, 5.41) is 4.75. The molecule has 0 radical (unpaired) electrons. The van der Waals surface area contributed by atoms with Gasteiger partial charge >= 0.3 is 0 Å². The molecule has 1 aromatic carbocycles. The predicted molar refractivity (Wildman–Crippen MR) is 95.0 cm³/mol. The van der Waals surface area contributed by atoms with Crippen molar-refractivity contribution in [1.29, 1.82) is 0 Å². The van der Waals surface area contributed by atoms with Crippen molar-refractivity contribution in [2.75, 3.05) is 6.61 Å². The van der Waals surface area contributed by atoms with Crippen LogP contribution < -0.4 is 0 Å². The number of para-hydroxylation sites is 1. The highest BCUT2D eigenvalue weighted by molar-refractivity contribution is 8.00. The standard InChI is InChI=1S/C17H19N3OS2/c1-12-10-13(19-20(12)16-8-4-5-9-21-16)11-22-17-18-14-6-2-3-7-15(14)23-17/h2-3,6-7,10,16H,4-5,8-9,11H2,1H3. The van der Waals surface area contributed by atoms with Gasteiger partial charge in [-0.05, 0) is 44.4 Å². The maximum atomic E-state index is 5.84. The first-order chi connectivity index (χ1) is 11.3. The van der Waals surface area contributed by atoms with Crippen LogP contribution >= 0.6 is 23.1 Å². The third-order valence-corrected chi connectivity index (χ3v) is 6.23. The van der Waals surface area contributed by atoms with E-state index in [0.717, 1.165) is 40.8 Å². The van der Waals surface area contributed by atoms with E-state index < -0.39 is 0 Å². The van der Waals surface area contributed by atoms with Gasteiger partial charge < -0.3 is 4.74 Å². The van der Waals surface area contributed by atoms with Crippen LogP contribution in [0.25, 0.3) is 10.2 Å². The van der Waals surface area contributed by atoms with Crippen molar-refractivity contribution in [1.82, 2.24) is 14.8 Å². The second-order valence-electron chi connectivity index (χ2n) is 5.78. The zero-order valence-electron chi connectivity index (χ0n) is 13.1. The van der Waals surface area contributed by atoms with Crippen LogP contribution in [0.4, 0.5) is 0 Å². The Bertz CT molecular complexity index is 772. The van der Waals surface area contributed by atoms with Gasteiger partial charge in [0.15, 0.2) is 4.34 Å². The molecule has 1 unspecified atom stereocenters. The number of hydrogen-bond donors (Lipinski definition) is 0. The SMILES string of the molecule is Cc1cc(CSc2nc3ccccc3s2)nn1C1CCCCO1. The number of fused-ring (bicyclic) bond motifs is 1. The molecule has 0 N–H and O–H groups in total. The fraction of sp³-hybridized carbons (Fsp3) is 0.412. The molecule has 4 nitrogen and oxygen atoms in total. The number of aryl methyl sites for hydroxylation is 1. The van der Waals surface area contributed by atoms with Gasteiger partial charge in [0.2, 0.25) is 0 Å². The van der Waals surface area contributed by atoms with Gasteiger partial charge in [0.25, 0.3) is 0 Å². The molecule has 1 aliphatic heterocycles. The fourth-order valence-corrected chi connectivity index (χ4v) is 4.83. The number of nitrogens with zero attached hydrogens (tertiary/aromatic N) is 3. The Morgan fingerprint density at radius 1 is 1.35 bits per heavy atom. The summed E-state index contributed by atoms with van der Waals surface area (Å²) in [6.45, 7) is 2.95. The Labute approximate surface area is 143 Å². The lowest BCUT2D eigenvalue weighted by molar-refractivity contribution is -0.0407. The third kappa shape index (κ3) is 3.29. The van der Waals surface area contributed by atoms with Crippen molar-refractivity contribution >= 4 is 33.3 Å². The highest BCUT2D eigenvalue weighted by Gasteiger charge is 2.19. The molecule has 1 atom stereocenters. The largest absolute Gasteiger partial charge is 0.357 e. The van der Waals surface area contributed by atoms with Crippen molar-refractivity contribution in [3.63, 3.8) is 0 Å². The third-order valence-electron chi connectivity index (χ3n) is 4.02. The molecule has 1 saturated heterocycles. The Kier molecular flexibility index (Phi) is 4.37. The number of benzene rings is 1. The van der Waals surface area contributed by atoms with E-state index in [0.29, 0.717) is 0 Å². The lowest BCUT2D eigenvalue weighted by atomic mass is 10.2. The Morgan fingerprint density at radius 3 is 3.09 bits per heavy atom. The lowest BCUT2D eigenvalue weighted by Crippen LogP contribution is -2.20. The second kappa shape index (κ2) is 6.63. The smallest absolute Gasteiger partial charge is 0.151 e. The normalized spacial score (nSPS) is 18.6. The van der Waals surface area contributed by atoms with Crippen LogP contribution in [0.15, 0.2) is 34.7 Å². The Morgan fingerprint density at radius 2 is 2.26 bits per heavy atom. The molecule has 0 amide bonds. The number of hydrogen-bond acceptors (Lipinski definition) is 5. The fourth-order valence-electron chi connectivity index (χ4n) is 2.88. The highest BCUT2D eigenvalue weighted by atomic mass is 32.2. The maximum Gasteiger partial charge on any atom is 0.151 e. The summed E-state index contributed by atoms with van der Waals surface area (Å²) in [4.78, 5) is 4.67. The monoisotopic (exact) mass is 345 g/mol. The first-order valence-corrected chi connectivity index (χ1v) is 9.75. The van der Waals surface area contributed by atoms with Crippen molar-refractivity contribution in [3.05, 3.63) is 41.7 Å². The number of ether oxygens (including phenoxy) is 1. The zero-order chi connectivity index (χ0) is 15.6. The quantitative estimate of drug-likeness (QED) is 0.637. The van der Waals surface area contributed by atoms with Crippen LogP contribution in [-0.2, 0) is 10.5 Å². The minimum Gasteiger partial charge on any atom is -0.357 e. The van der Waals surface area contributed by atoms with Crippen LogP contribution in [0.5, 0.6) is 0 Å². The van der Waals surface area contributed by atoms with Gasteiger partial charge in [0.1, 0.15) is 6.23 Å². The summed E-state index contributed by atoms with van der Waals surface area (Å²) in [5.41, 5.74) is 3.36. The summed E-state index contributed by atoms with van der Waals surface area (Å²) in [6, 6.07) is 10.4. The summed E-state index contributed by atoms with van der Waals surface area (Å²) in [7, 11) is 0. The zero-order valence-corrected chi connectivity index (χ0v) is 14.7. The van der Waals surface area contributed by atoms with Crippen LogP contribution in [0, 0.1) is 6.92 Å². The highest BCUT2D eigenvalue weighted by Crippen LogP contribution is 2.31. The first kappa shape index (κ1) is 15.2. The molecule has 1 aliphatic rings. The van der Waals surface area contributed by atoms with E-state index in [2.05, 4.69) is 36.2 Å². The molecule has 0 spiro atoms. The van der Waals surface area contributed by atoms with E-state index in [1.807, 2.05) is 10.7 Å². The molecular weight excluding hydrogens is 326 g/mol. The number of aromatic nitrogens is 3. The minimum absolute atomic E-state index is 0.116. The van der Waals surface area contributed by atoms with Gasteiger partial charge in [-0.3, -0.25) is 0 Å². The number of thiazole rings is 1. The van der Waals surface area contributed by atoms with E-state index in [9.17, 15) is 0 Å². The summed E-state index contributed by atoms with van der Waals surface area (Å²) in [5.74, 6) is 0.848. The summed E-state index contributed by atoms with van der Waals surface area (Å²) in [6.07, 6.45) is 3.56. The molecule has 23 heavy (non-hydrogen) atoms. The van der Waals surface area contributed by atoms with Gasteiger partial charge in [-0.1, -0.05) is 23.9 Å². The van der Waals surface area contributed by atoms with Crippen LogP contribution in [0.2, 0.25) is 0 Å². The van der Waals surface area contributed by atoms with Crippen molar-refractivity contribution < 1.29 is 4.74 Å². The van der Waals surface area contributed by atoms with E-state index in [1.54, 1.807) is 23.1 Å². The van der Waals surface area contributed by atoms with Crippen LogP contribution in [0.1, 0.15) is 36.9 Å². The van der Waals surface area contributed by atoms with Gasteiger partial charge in [0.05, 0.1) is 15.9 Å². The molecule has 4 rings (SSSR count). The maximum absolute atomic E-state index is 5.84. The van der Waals surface area contributed by atoms with E-state index in [4.69, 9.17) is 9.84 Å². The van der Waals surface area contributed by atoms with E-state index in [-0.39, 0.29) is 6.23 Å². The minimum atomic E-state index is 0.116. The Hall–Kier alpha value is -1.37. The molecule has 6 heteroatoms. The van der Waals surface area contributed by atoms with Crippen molar-refractivity contribution in [2.24, 2.45) is 0 Å². The molecule has 120 valence electrons. The molecule has 3 heterocycles. The van der Waals surface area contributed by atoms with Crippen LogP contribution in [0.3, 0.4) is 0 Å². The summed E-state index contributed by atoms with van der Waals surface area (Å²) >= 11 is 3.51. The first-order valence-electron chi connectivity index (χ1n) is 7.94. The topological polar surface area (TPSA) is 39.9 Å². The molecule has 2 aromatic heterocycles. The lowest BCUT2D eigenvalue weighted by Gasteiger charge is -2.23. The molecule has 3 aromatic rings. The molecule has 0 bridgehead atoms. The van der Waals surface area contributed by atoms with Crippen molar-refractivity contribution in [3.8, 4) is 0 Å². The molecule has 0 saturated carbocycles. The van der Waals surface area contributed by atoms with Gasteiger partial charge in [-0.25, -0.2) is 9.67 Å². The molecular formula is C17H19N3OS2. The van der Waals surface area contributed by atoms with Gasteiger partial charge in [0, 0.05) is 18.1 Å². The number of thioether (sulfide) groups is 1. The van der Waals surface area contributed by atoms with Crippen molar-refractivity contribution in [2.45, 2.75) is 42.5 Å². The Balaban J connectivity index is 1.46. The molecule has 1 fully saturated rings. The predicted octanol–water partition coefficient (Wildman–Crippen LogP) is 4.79. The summed E-state index contributed by atoms with van der Waals surface area (Å²) < 4.78 is 10.2. The van der Waals surface area contributed by atoms with E-state index >= 15 is 0 Å². The average Bonchev–Trinajstić information content (AvgIpc) is 3.16. The average molecular weight is 345 g/mol. The van der Waals surface area contributed by atoms with E-state index in [1.165, 1.54) is 16.8 Å². The van der Waals surface area contributed by atoms with Gasteiger partial charge in [-0.15, -0.1) is 11.3 Å². The molecule has 0 aliphatic carbocycles.